The number of sulfonamides is 1. The van der Waals surface area contributed by atoms with E-state index in [0.717, 1.165) is 63.7 Å². The number of aromatic hydroxyl groups is 1. The number of phenolic OH excluding ortho intramolecular Hbond substituents is 1. The lowest BCUT2D eigenvalue weighted by Gasteiger charge is -2.39. The highest BCUT2D eigenvalue weighted by Gasteiger charge is 2.31. The Labute approximate surface area is 242 Å². The number of morpholine rings is 1. The van der Waals surface area contributed by atoms with E-state index in [0.29, 0.717) is 16.9 Å². The van der Waals surface area contributed by atoms with Crippen molar-refractivity contribution in [3.8, 4) is 17.6 Å². The Morgan fingerprint density at radius 1 is 1.05 bits per heavy atom. The molecule has 9 nitrogen and oxygen atoms in total. The van der Waals surface area contributed by atoms with Crippen LogP contribution >= 0.6 is 0 Å². The first-order valence-corrected chi connectivity index (χ1v) is 15.4. The van der Waals surface area contributed by atoms with Gasteiger partial charge in [0, 0.05) is 42.3 Å². The molecule has 5 N–H and O–H groups in total. The number of hydrogen-bond donors (Lipinski definition) is 4. The van der Waals surface area contributed by atoms with Crippen LogP contribution in [0.25, 0.3) is 10.9 Å². The van der Waals surface area contributed by atoms with Crippen LogP contribution in [0.5, 0.6) is 5.75 Å². The summed E-state index contributed by atoms with van der Waals surface area (Å²) in [4.78, 5) is 2.25. The first-order valence-electron chi connectivity index (χ1n) is 13.8. The lowest BCUT2D eigenvalue weighted by atomic mass is 9.89. The van der Waals surface area contributed by atoms with Gasteiger partial charge in [-0.2, -0.15) is 13.2 Å². The largest absolute Gasteiger partial charge is 0.506 e. The van der Waals surface area contributed by atoms with Gasteiger partial charge in [-0.3, -0.25) is 4.90 Å². The van der Waals surface area contributed by atoms with Crippen LogP contribution in [0.2, 0.25) is 0 Å². The molecule has 1 aromatic heterocycles. The number of alkyl halides is 3. The van der Waals surface area contributed by atoms with E-state index in [1.807, 2.05) is 6.07 Å². The third kappa shape index (κ3) is 7.30. The van der Waals surface area contributed by atoms with Crippen molar-refractivity contribution in [1.82, 2.24) is 9.47 Å². The molecule has 0 spiro atoms. The minimum Gasteiger partial charge on any atom is -0.506 e. The summed E-state index contributed by atoms with van der Waals surface area (Å²) >= 11 is 0. The molecule has 0 atom stereocenters. The zero-order valence-electron chi connectivity index (χ0n) is 23.0. The summed E-state index contributed by atoms with van der Waals surface area (Å²) in [5.41, 5.74) is 1.64. The van der Waals surface area contributed by atoms with E-state index in [9.17, 15) is 26.7 Å². The highest BCUT2D eigenvalue weighted by Crippen LogP contribution is 2.33. The van der Waals surface area contributed by atoms with Crippen molar-refractivity contribution >= 4 is 32.3 Å². The smallest absolute Gasteiger partial charge is 0.406 e. The van der Waals surface area contributed by atoms with Gasteiger partial charge in [0.2, 0.25) is 10.0 Å². The van der Waals surface area contributed by atoms with Crippen LogP contribution in [0.1, 0.15) is 31.4 Å². The molecule has 0 bridgehead atoms. The predicted octanol–water partition coefficient (Wildman–Crippen LogP) is 4.08. The Morgan fingerprint density at radius 3 is 2.45 bits per heavy atom. The number of nitrogens with one attached hydrogen (secondary N) is 2. The number of aromatic nitrogens is 1. The van der Waals surface area contributed by atoms with Crippen LogP contribution in [0.3, 0.4) is 0 Å². The van der Waals surface area contributed by atoms with E-state index in [1.54, 1.807) is 18.2 Å². The van der Waals surface area contributed by atoms with Crippen molar-refractivity contribution in [2.75, 3.05) is 43.5 Å². The number of hydrogen-bond acceptors (Lipinski definition) is 7. The minimum absolute atomic E-state index is 0.00663. The maximum absolute atomic E-state index is 13.6. The van der Waals surface area contributed by atoms with Crippen LogP contribution in [0.15, 0.2) is 47.4 Å². The van der Waals surface area contributed by atoms with Crippen LogP contribution in [-0.2, 0) is 21.3 Å². The Morgan fingerprint density at radius 2 is 1.79 bits per heavy atom. The van der Waals surface area contributed by atoms with Gasteiger partial charge in [-0.25, -0.2) is 13.6 Å². The molecule has 2 fully saturated rings. The molecule has 1 aliphatic heterocycles. The summed E-state index contributed by atoms with van der Waals surface area (Å²) in [5, 5.41) is 22.3. The van der Waals surface area contributed by atoms with Crippen molar-refractivity contribution in [3.63, 3.8) is 0 Å². The van der Waals surface area contributed by atoms with Crippen molar-refractivity contribution in [2.45, 2.75) is 55.4 Å². The summed E-state index contributed by atoms with van der Waals surface area (Å²) in [6.45, 7) is 2.27. The van der Waals surface area contributed by atoms with Crippen LogP contribution in [-0.4, -0.2) is 74.1 Å². The molecule has 2 aliphatic rings. The number of nitrogens with zero attached hydrogens (tertiary/aromatic N) is 2. The van der Waals surface area contributed by atoms with E-state index in [-0.39, 0.29) is 34.6 Å². The molecule has 2 aromatic carbocycles. The van der Waals surface area contributed by atoms with Gasteiger partial charge in [0.05, 0.1) is 41.6 Å². The lowest BCUT2D eigenvalue weighted by molar-refractivity contribution is -0.140. The van der Waals surface area contributed by atoms with Gasteiger partial charge in [-0.1, -0.05) is 12.0 Å². The fraction of sp³-hybridized carbons (Fsp3) is 0.448. The molecule has 1 aliphatic carbocycles. The van der Waals surface area contributed by atoms with E-state index in [4.69, 9.17) is 9.88 Å². The number of benzene rings is 2. The summed E-state index contributed by atoms with van der Waals surface area (Å²) < 4.78 is 70.3. The average Bonchev–Trinajstić information content (AvgIpc) is 3.28. The second kappa shape index (κ2) is 12.4. The van der Waals surface area contributed by atoms with E-state index in [2.05, 4.69) is 27.4 Å². The molecular formula is C29H34F3N5O4S. The highest BCUT2D eigenvalue weighted by molar-refractivity contribution is 7.89. The molecule has 0 radical (unpaired) electrons. The van der Waals surface area contributed by atoms with E-state index >= 15 is 0 Å². The second-order valence-corrected chi connectivity index (χ2v) is 12.2. The standard InChI is InChI=1S/C29H34F3N5O4S/c30-29(31,32)19-37-22(3-2-12-34-26-11-10-23(18-28(26)38)42(33,39)40)17-24-25(4-1-5-27(24)37)35-20-6-8-21(9-7-20)36-13-15-41-16-14-36/h1,4-5,10-11,17-18,20-21,34-35,38H,6-9,12-16,19H2,(H2,33,39,40). The van der Waals surface area contributed by atoms with Gasteiger partial charge in [-0.15, -0.1) is 0 Å². The van der Waals surface area contributed by atoms with E-state index in [1.165, 1.54) is 16.7 Å². The molecular weight excluding hydrogens is 571 g/mol. The number of phenols is 1. The Balaban J connectivity index is 1.32. The monoisotopic (exact) mass is 605 g/mol. The molecule has 0 unspecified atom stereocenters. The first kappa shape index (κ1) is 30.0. The Bertz CT molecular complexity index is 1580. The predicted molar refractivity (Wildman–Crippen MR) is 155 cm³/mol. The quantitative estimate of drug-likeness (QED) is 0.237. The molecule has 0 amide bonds. The summed E-state index contributed by atoms with van der Waals surface area (Å²) in [5.74, 6) is 5.30. The number of primary sulfonamides is 1. The van der Waals surface area contributed by atoms with Crippen molar-refractivity contribution in [3.05, 3.63) is 48.2 Å². The van der Waals surface area contributed by atoms with Crippen LogP contribution in [0, 0.1) is 11.8 Å². The molecule has 1 saturated heterocycles. The van der Waals surface area contributed by atoms with Gasteiger partial charge in [0.15, 0.2) is 0 Å². The van der Waals surface area contributed by atoms with Gasteiger partial charge in [0.1, 0.15) is 12.3 Å². The highest BCUT2D eigenvalue weighted by atomic mass is 32.2. The molecule has 2 heterocycles. The molecule has 226 valence electrons. The lowest BCUT2D eigenvalue weighted by Crippen LogP contribution is -2.46. The second-order valence-electron chi connectivity index (χ2n) is 10.6. The number of anilines is 2. The van der Waals surface area contributed by atoms with Crippen molar-refractivity contribution in [1.29, 1.82) is 0 Å². The van der Waals surface area contributed by atoms with Gasteiger partial charge in [0.25, 0.3) is 0 Å². The Kier molecular flexibility index (Phi) is 8.89. The third-order valence-electron chi connectivity index (χ3n) is 7.78. The van der Waals surface area contributed by atoms with E-state index < -0.39 is 22.7 Å². The molecule has 1 saturated carbocycles. The number of ether oxygens (including phenoxy) is 1. The van der Waals surface area contributed by atoms with Gasteiger partial charge < -0.3 is 25.0 Å². The molecule has 5 rings (SSSR count). The van der Waals surface area contributed by atoms with Crippen molar-refractivity contribution in [2.24, 2.45) is 5.14 Å². The maximum Gasteiger partial charge on any atom is 0.406 e. The average molecular weight is 606 g/mol. The summed E-state index contributed by atoms with van der Waals surface area (Å²) in [6.07, 6.45) is -0.367. The molecule has 13 heteroatoms. The van der Waals surface area contributed by atoms with Gasteiger partial charge >= 0.3 is 6.18 Å². The molecule has 42 heavy (non-hydrogen) atoms. The van der Waals surface area contributed by atoms with Crippen molar-refractivity contribution < 1.29 is 31.4 Å². The molecule has 3 aromatic rings. The number of rotatable bonds is 7. The SMILES string of the molecule is NS(=O)(=O)c1ccc(NCC#Cc2cc3c(NC4CCC(N5CCOCC5)CC4)cccc3n2CC(F)(F)F)c(O)c1. The maximum atomic E-state index is 13.6. The normalized spacial score (nSPS) is 20.2. The summed E-state index contributed by atoms with van der Waals surface area (Å²) in [7, 11) is -3.98. The summed E-state index contributed by atoms with van der Waals surface area (Å²) in [6, 6.07) is 11.3. The number of halogens is 3. The fourth-order valence-electron chi connectivity index (χ4n) is 5.72. The van der Waals surface area contributed by atoms with Crippen LogP contribution in [0.4, 0.5) is 24.5 Å². The zero-order chi connectivity index (χ0) is 29.9. The first-order chi connectivity index (χ1) is 20.0. The third-order valence-corrected chi connectivity index (χ3v) is 8.69. The fourth-order valence-corrected chi connectivity index (χ4v) is 6.26. The number of nitrogens with two attached hydrogens (primary N) is 1. The Hall–Kier alpha value is -3.44. The van der Waals surface area contributed by atoms with Crippen LogP contribution < -0.4 is 15.8 Å². The van der Waals surface area contributed by atoms with Gasteiger partial charge in [-0.05, 0) is 61.9 Å². The topological polar surface area (TPSA) is 122 Å². The number of fused-ring (bicyclic) bond motifs is 1. The minimum atomic E-state index is -4.45. The zero-order valence-corrected chi connectivity index (χ0v) is 23.8.